The third-order valence-corrected chi connectivity index (χ3v) is 3.57. The van der Waals surface area contributed by atoms with Gasteiger partial charge in [-0.15, -0.1) is 11.8 Å². The topological polar surface area (TPSA) is 79.3 Å². The minimum absolute atomic E-state index is 0.0248. The van der Waals surface area contributed by atoms with E-state index >= 15 is 0 Å². The molecule has 4 nitrogen and oxygen atoms in total. The molecule has 0 radical (unpaired) electrons. The maximum absolute atomic E-state index is 9.14. The maximum atomic E-state index is 9.14. The Kier molecular flexibility index (Phi) is 4.65. The highest BCUT2D eigenvalue weighted by Gasteiger charge is 2.12. The number of nitrogens with one attached hydrogen (secondary N) is 1. The van der Waals surface area contributed by atoms with Gasteiger partial charge >= 0.3 is 0 Å². The van der Waals surface area contributed by atoms with E-state index < -0.39 is 0 Å². The molecular formula is C15H16N2O2S. The monoisotopic (exact) mass is 288 g/mol. The van der Waals surface area contributed by atoms with Crippen LogP contribution in [-0.4, -0.2) is 17.2 Å². The zero-order valence-corrected chi connectivity index (χ0v) is 11.9. The maximum Gasteiger partial charge on any atom is 0.139 e. The third-order valence-electron chi connectivity index (χ3n) is 2.79. The lowest BCUT2D eigenvalue weighted by Crippen LogP contribution is -2.13. The van der Waals surface area contributed by atoms with Gasteiger partial charge < -0.3 is 15.6 Å². The molecule has 4 N–H and O–H groups in total. The van der Waals surface area contributed by atoms with E-state index in [-0.39, 0.29) is 12.4 Å². The van der Waals surface area contributed by atoms with Crippen LogP contribution in [0.5, 0.6) is 11.5 Å². The lowest BCUT2D eigenvalue weighted by molar-refractivity contribution is 0.281. The number of nitrogen functional groups attached to an aromatic ring is 1. The number of amidine groups is 1. The smallest absolute Gasteiger partial charge is 0.139 e. The fourth-order valence-corrected chi connectivity index (χ4v) is 2.50. The van der Waals surface area contributed by atoms with Crippen LogP contribution in [0.1, 0.15) is 11.1 Å². The van der Waals surface area contributed by atoms with E-state index in [9.17, 15) is 0 Å². The van der Waals surface area contributed by atoms with Gasteiger partial charge in [0.1, 0.15) is 17.3 Å². The molecule has 0 aliphatic heterocycles. The summed E-state index contributed by atoms with van der Waals surface area (Å²) in [5.41, 5.74) is 7.01. The van der Waals surface area contributed by atoms with E-state index in [2.05, 4.69) is 0 Å². The van der Waals surface area contributed by atoms with Crippen molar-refractivity contribution in [2.75, 3.05) is 6.26 Å². The van der Waals surface area contributed by atoms with Crippen molar-refractivity contribution in [3.63, 3.8) is 0 Å². The highest BCUT2D eigenvalue weighted by Crippen LogP contribution is 2.32. The van der Waals surface area contributed by atoms with Crippen LogP contribution in [0.15, 0.2) is 47.4 Å². The first-order valence-corrected chi connectivity index (χ1v) is 7.27. The predicted molar refractivity (Wildman–Crippen MR) is 81.7 cm³/mol. The van der Waals surface area contributed by atoms with E-state index in [1.165, 1.54) is 11.8 Å². The first-order valence-electron chi connectivity index (χ1n) is 6.04. The first kappa shape index (κ1) is 14.4. The number of hydrogen-bond donors (Lipinski definition) is 3. The summed E-state index contributed by atoms with van der Waals surface area (Å²) < 4.78 is 5.81. The molecule has 0 atom stereocenters. The average Bonchev–Trinajstić information content (AvgIpc) is 2.46. The molecular weight excluding hydrogens is 272 g/mol. The minimum atomic E-state index is -0.0401. The fourth-order valence-electron chi connectivity index (χ4n) is 1.87. The summed E-state index contributed by atoms with van der Waals surface area (Å²) in [5, 5.41) is 16.8. The molecule has 0 unspecified atom stereocenters. The summed E-state index contributed by atoms with van der Waals surface area (Å²) in [4.78, 5) is 0.897. The Morgan fingerprint density at radius 3 is 2.70 bits per heavy atom. The predicted octanol–water partition coefficient (Wildman–Crippen LogP) is 2.98. The molecule has 0 aromatic heterocycles. The third kappa shape index (κ3) is 3.12. The summed E-state index contributed by atoms with van der Waals surface area (Å²) in [5.74, 6) is 1.13. The van der Waals surface area contributed by atoms with Crippen molar-refractivity contribution in [1.29, 1.82) is 5.41 Å². The van der Waals surface area contributed by atoms with Crippen molar-refractivity contribution in [3.05, 3.63) is 53.6 Å². The molecule has 2 aromatic carbocycles. The Morgan fingerprint density at radius 1 is 1.30 bits per heavy atom. The number of aliphatic hydroxyl groups excluding tert-OH is 1. The number of ether oxygens (including phenoxy) is 1. The molecule has 0 aliphatic rings. The van der Waals surface area contributed by atoms with Gasteiger partial charge in [-0.25, -0.2) is 0 Å². The van der Waals surface area contributed by atoms with Gasteiger partial charge in [0.2, 0.25) is 0 Å². The molecule has 0 saturated heterocycles. The second kappa shape index (κ2) is 6.45. The molecule has 0 heterocycles. The molecule has 0 fully saturated rings. The van der Waals surface area contributed by atoms with Gasteiger partial charge in [-0.05, 0) is 36.1 Å². The Morgan fingerprint density at radius 2 is 2.05 bits per heavy atom. The largest absolute Gasteiger partial charge is 0.457 e. The molecule has 0 amide bonds. The van der Waals surface area contributed by atoms with E-state index in [0.717, 1.165) is 10.5 Å². The normalized spacial score (nSPS) is 10.3. The van der Waals surface area contributed by atoms with Gasteiger partial charge in [0.05, 0.1) is 12.2 Å². The van der Waals surface area contributed by atoms with E-state index in [1.807, 2.05) is 30.5 Å². The number of hydrogen-bond acceptors (Lipinski definition) is 4. The molecule has 0 saturated carbocycles. The quantitative estimate of drug-likeness (QED) is 0.449. The standard InChI is InChI=1S/C15H16N2O2S/c1-20-13-7-3-6-12(14(13)15(16)17)19-11-5-2-4-10(8-11)9-18/h2-8,18H,9H2,1H3,(H3,16,17). The molecule has 2 rings (SSSR count). The number of rotatable bonds is 5. The van der Waals surface area contributed by atoms with Crippen molar-refractivity contribution < 1.29 is 9.84 Å². The van der Waals surface area contributed by atoms with Crippen molar-refractivity contribution in [3.8, 4) is 11.5 Å². The molecule has 5 heteroatoms. The van der Waals surface area contributed by atoms with Crippen LogP contribution >= 0.6 is 11.8 Å². The summed E-state index contributed by atoms with van der Waals surface area (Å²) in [7, 11) is 0. The molecule has 2 aromatic rings. The molecule has 0 bridgehead atoms. The summed E-state index contributed by atoms with van der Waals surface area (Å²) in [6, 6.07) is 12.7. The van der Waals surface area contributed by atoms with Gasteiger partial charge in [-0.1, -0.05) is 18.2 Å². The van der Waals surface area contributed by atoms with Gasteiger partial charge in [0.15, 0.2) is 0 Å². The fraction of sp³-hybridized carbons (Fsp3) is 0.133. The van der Waals surface area contributed by atoms with Gasteiger partial charge in [-0.3, -0.25) is 5.41 Å². The van der Waals surface area contributed by atoms with Gasteiger partial charge in [0, 0.05) is 4.90 Å². The minimum Gasteiger partial charge on any atom is -0.457 e. The van der Waals surface area contributed by atoms with E-state index in [0.29, 0.717) is 17.1 Å². The first-order chi connectivity index (χ1) is 9.65. The van der Waals surface area contributed by atoms with Crippen LogP contribution in [0.3, 0.4) is 0 Å². The Bertz CT molecular complexity index is 629. The van der Waals surface area contributed by atoms with E-state index in [1.54, 1.807) is 18.2 Å². The van der Waals surface area contributed by atoms with Crippen LogP contribution in [-0.2, 0) is 6.61 Å². The highest BCUT2D eigenvalue weighted by molar-refractivity contribution is 7.98. The van der Waals surface area contributed by atoms with Crippen LogP contribution < -0.4 is 10.5 Å². The lowest BCUT2D eigenvalue weighted by atomic mass is 10.1. The number of nitrogens with two attached hydrogens (primary N) is 1. The van der Waals surface area contributed by atoms with Crippen LogP contribution in [0, 0.1) is 5.41 Å². The molecule has 104 valence electrons. The Labute approximate surface area is 122 Å². The van der Waals surface area contributed by atoms with Crippen molar-refractivity contribution in [1.82, 2.24) is 0 Å². The number of thioether (sulfide) groups is 1. The SMILES string of the molecule is CSc1cccc(Oc2cccc(CO)c2)c1C(=N)N. The zero-order chi connectivity index (χ0) is 14.5. The summed E-state index contributed by atoms with van der Waals surface area (Å²) in [6.45, 7) is -0.0401. The highest BCUT2D eigenvalue weighted by atomic mass is 32.2. The number of benzene rings is 2. The number of aliphatic hydroxyl groups is 1. The summed E-state index contributed by atoms with van der Waals surface area (Å²) in [6.07, 6.45) is 1.93. The molecule has 20 heavy (non-hydrogen) atoms. The Hall–Kier alpha value is -1.98. The van der Waals surface area contributed by atoms with Crippen molar-refractivity contribution in [2.45, 2.75) is 11.5 Å². The zero-order valence-electron chi connectivity index (χ0n) is 11.1. The second-order valence-electron chi connectivity index (χ2n) is 4.15. The lowest BCUT2D eigenvalue weighted by Gasteiger charge is -2.13. The molecule has 0 spiro atoms. The Balaban J connectivity index is 2.40. The molecule has 0 aliphatic carbocycles. The van der Waals surface area contributed by atoms with Crippen molar-refractivity contribution >= 4 is 17.6 Å². The van der Waals surface area contributed by atoms with Crippen molar-refractivity contribution in [2.24, 2.45) is 5.73 Å². The van der Waals surface area contributed by atoms with Crippen LogP contribution in [0.2, 0.25) is 0 Å². The van der Waals surface area contributed by atoms with Gasteiger partial charge in [-0.2, -0.15) is 0 Å². The summed E-state index contributed by atoms with van der Waals surface area (Å²) >= 11 is 1.52. The van der Waals surface area contributed by atoms with Crippen LogP contribution in [0.4, 0.5) is 0 Å². The second-order valence-corrected chi connectivity index (χ2v) is 5.00. The van der Waals surface area contributed by atoms with E-state index in [4.69, 9.17) is 21.0 Å². The van der Waals surface area contributed by atoms with Crippen LogP contribution in [0.25, 0.3) is 0 Å². The van der Waals surface area contributed by atoms with Gasteiger partial charge in [0.25, 0.3) is 0 Å². The average molecular weight is 288 g/mol.